The molecule has 0 aromatic carbocycles. The van der Waals surface area contributed by atoms with Gasteiger partial charge in [-0.3, -0.25) is 4.90 Å². The lowest BCUT2D eigenvalue weighted by Gasteiger charge is -2.39. The maximum absolute atomic E-state index is 8.78. The van der Waals surface area contributed by atoms with E-state index in [9.17, 15) is 0 Å². The van der Waals surface area contributed by atoms with E-state index in [4.69, 9.17) is 14.6 Å². The van der Waals surface area contributed by atoms with Crippen molar-refractivity contribution < 1.29 is 14.6 Å². The second-order valence-corrected chi connectivity index (χ2v) is 6.18. The number of likely N-dealkylation sites (tertiary alicyclic amines) is 1. The minimum Gasteiger partial charge on any atom is -0.394 e. The molecule has 2 saturated heterocycles. The molecule has 5 heteroatoms. The minimum absolute atomic E-state index is 0.126. The Labute approximate surface area is 122 Å². The van der Waals surface area contributed by atoms with E-state index in [1.54, 1.807) is 0 Å². The highest BCUT2D eigenvalue weighted by Crippen LogP contribution is 2.16. The van der Waals surface area contributed by atoms with Crippen LogP contribution in [0.5, 0.6) is 0 Å². The average Bonchev–Trinajstić information content (AvgIpc) is 2.47. The zero-order chi connectivity index (χ0) is 14.4. The highest BCUT2D eigenvalue weighted by atomic mass is 16.5. The van der Waals surface area contributed by atoms with Crippen LogP contribution in [0.2, 0.25) is 0 Å². The average molecular weight is 286 g/mol. The highest BCUT2D eigenvalue weighted by Gasteiger charge is 2.26. The maximum Gasteiger partial charge on any atom is 0.0829 e. The van der Waals surface area contributed by atoms with Crippen LogP contribution < -0.4 is 0 Å². The van der Waals surface area contributed by atoms with Gasteiger partial charge in [-0.1, -0.05) is 0 Å². The van der Waals surface area contributed by atoms with Crippen molar-refractivity contribution in [2.24, 2.45) is 0 Å². The Bertz CT molecular complexity index is 268. The van der Waals surface area contributed by atoms with E-state index < -0.39 is 0 Å². The molecule has 2 aliphatic heterocycles. The van der Waals surface area contributed by atoms with Gasteiger partial charge < -0.3 is 19.5 Å². The van der Waals surface area contributed by atoms with Gasteiger partial charge in [0, 0.05) is 38.8 Å². The third-order valence-electron chi connectivity index (χ3n) is 4.34. The van der Waals surface area contributed by atoms with Crippen LogP contribution in [0, 0.1) is 0 Å². The van der Waals surface area contributed by atoms with Crippen molar-refractivity contribution in [3.63, 3.8) is 0 Å². The first kappa shape index (κ1) is 16.2. The molecule has 2 heterocycles. The summed E-state index contributed by atoms with van der Waals surface area (Å²) in [5, 5.41) is 8.78. The molecule has 2 aliphatic rings. The van der Waals surface area contributed by atoms with Crippen molar-refractivity contribution >= 4 is 0 Å². The second-order valence-electron chi connectivity index (χ2n) is 6.18. The molecule has 2 rings (SSSR count). The zero-order valence-corrected chi connectivity index (χ0v) is 13.0. The lowest BCUT2D eigenvalue weighted by atomic mass is 10.1. The van der Waals surface area contributed by atoms with Crippen LogP contribution in [0.25, 0.3) is 0 Å². The number of aliphatic hydroxyl groups excluding tert-OH is 1. The molecular formula is C15H30N2O3. The number of morpholine rings is 1. The van der Waals surface area contributed by atoms with E-state index in [-0.39, 0.29) is 6.61 Å². The van der Waals surface area contributed by atoms with E-state index in [1.807, 2.05) is 0 Å². The van der Waals surface area contributed by atoms with Crippen molar-refractivity contribution in [3.05, 3.63) is 0 Å². The van der Waals surface area contributed by atoms with Crippen LogP contribution in [0.15, 0.2) is 0 Å². The summed E-state index contributed by atoms with van der Waals surface area (Å²) < 4.78 is 11.5. The quantitative estimate of drug-likeness (QED) is 0.773. The Morgan fingerprint density at radius 3 is 2.65 bits per heavy atom. The monoisotopic (exact) mass is 286 g/mol. The largest absolute Gasteiger partial charge is 0.394 e. The Morgan fingerprint density at radius 2 is 2.00 bits per heavy atom. The summed E-state index contributed by atoms with van der Waals surface area (Å²) in [6, 6.07) is 0.610. The normalized spacial score (nSPS) is 27.3. The number of aliphatic hydroxyl groups is 1. The van der Waals surface area contributed by atoms with Crippen LogP contribution in [-0.2, 0) is 9.47 Å². The van der Waals surface area contributed by atoms with Gasteiger partial charge >= 0.3 is 0 Å². The first-order valence-electron chi connectivity index (χ1n) is 7.99. The lowest BCUT2D eigenvalue weighted by Crippen LogP contribution is -2.51. The molecule has 20 heavy (non-hydrogen) atoms. The molecule has 1 N–H and O–H groups in total. The van der Waals surface area contributed by atoms with Gasteiger partial charge in [-0.25, -0.2) is 0 Å². The number of piperidine rings is 1. The van der Waals surface area contributed by atoms with Crippen molar-refractivity contribution in [2.45, 2.75) is 44.9 Å². The highest BCUT2D eigenvalue weighted by molar-refractivity contribution is 4.80. The lowest BCUT2D eigenvalue weighted by molar-refractivity contribution is -0.0630. The number of rotatable bonds is 6. The summed E-state index contributed by atoms with van der Waals surface area (Å²) in [5.41, 5.74) is 0. The molecule has 0 aromatic heterocycles. The summed E-state index contributed by atoms with van der Waals surface area (Å²) in [4.78, 5) is 5.00. The summed E-state index contributed by atoms with van der Waals surface area (Å²) in [5.74, 6) is 0. The van der Waals surface area contributed by atoms with E-state index in [1.165, 1.54) is 0 Å². The summed E-state index contributed by atoms with van der Waals surface area (Å²) in [6.45, 7) is 11.3. The third kappa shape index (κ3) is 4.97. The standard InChI is InChI=1S/C15H30N2O3/c1-13(2)17-7-9-19-15(12-17)11-16-5-3-14(4-6-16)20-10-8-18/h13-15,18H,3-12H2,1-2H3. The fraction of sp³-hybridized carbons (Fsp3) is 1.00. The molecule has 0 aliphatic carbocycles. The van der Waals surface area contributed by atoms with Crippen LogP contribution in [-0.4, -0.2) is 85.7 Å². The summed E-state index contributed by atoms with van der Waals surface area (Å²) >= 11 is 0. The number of nitrogens with zero attached hydrogens (tertiary/aromatic N) is 2. The second kappa shape index (κ2) is 8.29. The Balaban J connectivity index is 1.67. The van der Waals surface area contributed by atoms with E-state index in [2.05, 4.69) is 23.6 Å². The third-order valence-corrected chi connectivity index (χ3v) is 4.34. The van der Waals surface area contributed by atoms with Gasteiger partial charge in [0.05, 0.1) is 32.0 Å². The topological polar surface area (TPSA) is 45.2 Å². The molecule has 5 nitrogen and oxygen atoms in total. The van der Waals surface area contributed by atoms with Gasteiger partial charge in [-0.05, 0) is 26.7 Å². The van der Waals surface area contributed by atoms with Crippen molar-refractivity contribution in [2.75, 3.05) is 52.5 Å². The molecule has 0 radical (unpaired) electrons. The Kier molecular flexibility index (Phi) is 6.71. The molecule has 0 amide bonds. The van der Waals surface area contributed by atoms with Gasteiger partial charge in [0.1, 0.15) is 0 Å². The van der Waals surface area contributed by atoms with Crippen molar-refractivity contribution in [1.82, 2.24) is 9.80 Å². The van der Waals surface area contributed by atoms with Gasteiger partial charge in [0.2, 0.25) is 0 Å². The molecule has 0 bridgehead atoms. The van der Waals surface area contributed by atoms with E-state index >= 15 is 0 Å². The fourth-order valence-corrected chi connectivity index (χ4v) is 3.09. The first-order chi connectivity index (χ1) is 9.69. The smallest absolute Gasteiger partial charge is 0.0829 e. The molecule has 0 saturated carbocycles. The van der Waals surface area contributed by atoms with Gasteiger partial charge in [0.15, 0.2) is 0 Å². The number of ether oxygens (including phenoxy) is 2. The first-order valence-corrected chi connectivity index (χ1v) is 7.99. The Hall–Kier alpha value is -0.200. The van der Waals surface area contributed by atoms with Gasteiger partial charge in [0.25, 0.3) is 0 Å². The predicted octanol–water partition coefficient (Wildman–Crippen LogP) is 0.569. The van der Waals surface area contributed by atoms with Crippen LogP contribution in [0.1, 0.15) is 26.7 Å². The SMILES string of the molecule is CC(C)N1CCOC(CN2CCC(OCCO)CC2)C1. The van der Waals surface area contributed by atoms with E-state index in [0.717, 1.165) is 52.2 Å². The fourth-order valence-electron chi connectivity index (χ4n) is 3.09. The molecule has 0 aromatic rings. The van der Waals surface area contributed by atoms with Crippen LogP contribution in [0.4, 0.5) is 0 Å². The molecule has 1 atom stereocenters. The predicted molar refractivity (Wildman–Crippen MR) is 78.9 cm³/mol. The van der Waals surface area contributed by atoms with Crippen LogP contribution in [0.3, 0.4) is 0 Å². The van der Waals surface area contributed by atoms with Crippen molar-refractivity contribution in [3.8, 4) is 0 Å². The van der Waals surface area contributed by atoms with Crippen molar-refractivity contribution in [1.29, 1.82) is 0 Å². The zero-order valence-electron chi connectivity index (χ0n) is 13.0. The van der Waals surface area contributed by atoms with Gasteiger partial charge in [-0.2, -0.15) is 0 Å². The Morgan fingerprint density at radius 1 is 1.25 bits per heavy atom. The molecule has 2 fully saturated rings. The summed E-state index contributed by atoms with van der Waals surface area (Å²) in [6.07, 6.45) is 2.82. The van der Waals surface area contributed by atoms with Crippen LogP contribution >= 0.6 is 0 Å². The molecular weight excluding hydrogens is 256 g/mol. The summed E-state index contributed by atoms with van der Waals surface area (Å²) in [7, 11) is 0. The molecule has 0 spiro atoms. The number of hydrogen-bond acceptors (Lipinski definition) is 5. The van der Waals surface area contributed by atoms with E-state index in [0.29, 0.717) is 24.9 Å². The number of hydrogen-bond donors (Lipinski definition) is 1. The minimum atomic E-state index is 0.126. The van der Waals surface area contributed by atoms with Gasteiger partial charge in [-0.15, -0.1) is 0 Å². The molecule has 118 valence electrons. The maximum atomic E-state index is 8.78. The molecule has 1 unspecified atom stereocenters.